The number of hydrogen-bond donors (Lipinski definition) is 0. The molecule has 4 nitrogen and oxygen atoms in total. The first-order valence-corrected chi connectivity index (χ1v) is 5.75. The molecule has 0 bridgehead atoms. The molecule has 1 amide bonds. The molecule has 0 radical (unpaired) electrons. The van der Waals surface area contributed by atoms with Crippen molar-refractivity contribution in [2.45, 2.75) is 40.2 Å². The minimum Gasteiger partial charge on any atom is -0.361 e. The van der Waals surface area contributed by atoms with Gasteiger partial charge in [-0.3, -0.25) is 4.79 Å². The van der Waals surface area contributed by atoms with Crippen LogP contribution in [-0.4, -0.2) is 23.0 Å². The van der Waals surface area contributed by atoms with Crippen molar-refractivity contribution in [1.82, 2.24) is 10.1 Å². The van der Waals surface area contributed by atoms with Gasteiger partial charge in [0.05, 0.1) is 6.54 Å². The molecule has 0 aliphatic carbocycles. The fraction of sp³-hybridized carbons (Fsp3) is 0.667. The number of rotatable bonds is 5. The third-order valence-corrected chi connectivity index (χ3v) is 2.79. The molecule has 0 N–H and O–H groups in total. The van der Waals surface area contributed by atoms with E-state index >= 15 is 0 Å². The van der Waals surface area contributed by atoms with E-state index in [1.165, 1.54) is 0 Å². The summed E-state index contributed by atoms with van der Waals surface area (Å²) in [5.74, 6) is 1.09. The molecule has 1 aromatic heterocycles. The van der Waals surface area contributed by atoms with E-state index in [0.717, 1.165) is 24.3 Å². The van der Waals surface area contributed by atoms with Crippen molar-refractivity contribution in [1.29, 1.82) is 0 Å². The maximum Gasteiger partial charge on any atom is 0.225 e. The lowest BCUT2D eigenvalue weighted by Crippen LogP contribution is -2.32. The third-order valence-electron chi connectivity index (χ3n) is 2.79. The number of aryl methyl sites for hydroxylation is 1. The van der Waals surface area contributed by atoms with Gasteiger partial charge in [-0.05, 0) is 19.8 Å². The van der Waals surface area contributed by atoms with E-state index in [1.54, 1.807) is 4.90 Å². The molecule has 1 aromatic rings. The van der Waals surface area contributed by atoms with Crippen LogP contribution in [-0.2, 0) is 11.3 Å². The molecule has 0 fully saturated rings. The summed E-state index contributed by atoms with van der Waals surface area (Å²) < 4.78 is 4.97. The predicted molar refractivity (Wildman–Crippen MR) is 61.8 cm³/mol. The highest BCUT2D eigenvalue weighted by molar-refractivity contribution is 5.78. The highest BCUT2D eigenvalue weighted by atomic mass is 16.5. The number of hydrogen-bond acceptors (Lipinski definition) is 3. The zero-order valence-electron chi connectivity index (χ0n) is 10.5. The molecule has 0 aromatic carbocycles. The van der Waals surface area contributed by atoms with Crippen LogP contribution in [0.3, 0.4) is 0 Å². The van der Waals surface area contributed by atoms with Crippen LogP contribution in [0.5, 0.6) is 0 Å². The van der Waals surface area contributed by atoms with Crippen LogP contribution in [0.15, 0.2) is 10.6 Å². The SMILES string of the molecule is CCC(CC)C(=O)N(C)Cc1cc(C)on1. The standard InChI is InChI=1S/C12H20N2O2/c1-5-10(6-2)12(15)14(4)8-11-7-9(3)16-13-11/h7,10H,5-6,8H2,1-4H3. The van der Waals surface area contributed by atoms with Gasteiger partial charge in [-0.15, -0.1) is 0 Å². The van der Waals surface area contributed by atoms with Crippen LogP contribution < -0.4 is 0 Å². The van der Waals surface area contributed by atoms with Gasteiger partial charge in [0.15, 0.2) is 0 Å². The molecule has 0 aliphatic heterocycles. The van der Waals surface area contributed by atoms with E-state index in [0.29, 0.717) is 6.54 Å². The molecule has 1 heterocycles. The Bertz CT molecular complexity index is 343. The summed E-state index contributed by atoms with van der Waals surface area (Å²) >= 11 is 0. The topological polar surface area (TPSA) is 46.3 Å². The molecule has 0 saturated carbocycles. The van der Waals surface area contributed by atoms with Crippen LogP contribution in [0.2, 0.25) is 0 Å². The third kappa shape index (κ3) is 3.08. The summed E-state index contributed by atoms with van der Waals surface area (Å²) in [5, 5.41) is 3.88. The largest absolute Gasteiger partial charge is 0.361 e. The molecule has 0 unspecified atom stereocenters. The van der Waals surface area contributed by atoms with Gasteiger partial charge < -0.3 is 9.42 Å². The molecule has 0 spiro atoms. The van der Waals surface area contributed by atoms with Gasteiger partial charge in [0.1, 0.15) is 11.5 Å². The van der Waals surface area contributed by atoms with E-state index < -0.39 is 0 Å². The van der Waals surface area contributed by atoms with Crippen molar-refractivity contribution in [3.63, 3.8) is 0 Å². The Balaban J connectivity index is 2.57. The lowest BCUT2D eigenvalue weighted by Gasteiger charge is -2.21. The second kappa shape index (κ2) is 5.68. The maximum absolute atomic E-state index is 12.0. The summed E-state index contributed by atoms with van der Waals surface area (Å²) in [6, 6.07) is 1.86. The van der Waals surface area contributed by atoms with Gasteiger partial charge in [0.25, 0.3) is 0 Å². The molecule has 16 heavy (non-hydrogen) atoms. The lowest BCUT2D eigenvalue weighted by atomic mass is 10.0. The zero-order chi connectivity index (χ0) is 12.1. The summed E-state index contributed by atoms with van der Waals surface area (Å²) in [6.45, 7) is 6.45. The maximum atomic E-state index is 12.0. The van der Waals surface area contributed by atoms with E-state index in [9.17, 15) is 4.79 Å². The smallest absolute Gasteiger partial charge is 0.225 e. The van der Waals surface area contributed by atoms with E-state index in [2.05, 4.69) is 5.16 Å². The number of carbonyl (C=O) groups is 1. The Morgan fingerprint density at radius 1 is 1.50 bits per heavy atom. The summed E-state index contributed by atoms with van der Waals surface area (Å²) in [5.41, 5.74) is 0.805. The number of aromatic nitrogens is 1. The number of carbonyl (C=O) groups excluding carboxylic acids is 1. The van der Waals surface area contributed by atoms with Crippen LogP contribution >= 0.6 is 0 Å². The van der Waals surface area contributed by atoms with Gasteiger partial charge in [0.2, 0.25) is 5.91 Å². The first-order chi connectivity index (χ1) is 7.58. The first-order valence-electron chi connectivity index (χ1n) is 5.75. The van der Waals surface area contributed by atoms with Crippen LogP contribution in [0.1, 0.15) is 38.1 Å². The quantitative estimate of drug-likeness (QED) is 0.771. The molecular weight excluding hydrogens is 204 g/mol. The Hall–Kier alpha value is -1.32. The Morgan fingerprint density at radius 3 is 2.56 bits per heavy atom. The second-order valence-corrected chi connectivity index (χ2v) is 4.14. The van der Waals surface area contributed by atoms with Gasteiger partial charge >= 0.3 is 0 Å². The molecular formula is C12H20N2O2. The summed E-state index contributed by atoms with van der Waals surface area (Å²) in [6.07, 6.45) is 1.77. The lowest BCUT2D eigenvalue weighted by molar-refractivity contribution is -0.135. The van der Waals surface area contributed by atoms with Gasteiger partial charge in [-0.2, -0.15) is 0 Å². The van der Waals surface area contributed by atoms with E-state index in [4.69, 9.17) is 4.52 Å². The monoisotopic (exact) mass is 224 g/mol. The van der Waals surface area contributed by atoms with Crippen LogP contribution in [0.4, 0.5) is 0 Å². The summed E-state index contributed by atoms with van der Waals surface area (Å²) in [7, 11) is 1.81. The number of nitrogens with zero attached hydrogens (tertiary/aromatic N) is 2. The summed E-state index contributed by atoms with van der Waals surface area (Å²) in [4.78, 5) is 13.7. The van der Waals surface area contributed by atoms with Gasteiger partial charge in [0, 0.05) is 19.0 Å². The van der Waals surface area contributed by atoms with Crippen molar-refractivity contribution >= 4 is 5.91 Å². The molecule has 90 valence electrons. The van der Waals surface area contributed by atoms with Crippen LogP contribution in [0, 0.1) is 12.8 Å². The van der Waals surface area contributed by atoms with Gasteiger partial charge in [-0.25, -0.2) is 0 Å². The fourth-order valence-corrected chi connectivity index (χ4v) is 1.76. The minimum absolute atomic E-state index is 0.123. The molecule has 0 aliphatic rings. The van der Waals surface area contributed by atoms with Crippen molar-refractivity contribution in [2.75, 3.05) is 7.05 Å². The van der Waals surface area contributed by atoms with Crippen LogP contribution in [0.25, 0.3) is 0 Å². The highest BCUT2D eigenvalue weighted by Gasteiger charge is 2.19. The highest BCUT2D eigenvalue weighted by Crippen LogP contribution is 2.13. The molecule has 0 atom stereocenters. The molecule has 4 heteroatoms. The van der Waals surface area contributed by atoms with Crippen molar-refractivity contribution in [3.05, 3.63) is 17.5 Å². The molecule has 0 saturated heterocycles. The second-order valence-electron chi connectivity index (χ2n) is 4.14. The zero-order valence-corrected chi connectivity index (χ0v) is 10.5. The fourth-order valence-electron chi connectivity index (χ4n) is 1.76. The normalized spacial score (nSPS) is 10.8. The Kier molecular flexibility index (Phi) is 4.52. The van der Waals surface area contributed by atoms with E-state index in [-0.39, 0.29) is 11.8 Å². The number of amides is 1. The first kappa shape index (κ1) is 12.7. The van der Waals surface area contributed by atoms with Gasteiger partial charge in [-0.1, -0.05) is 19.0 Å². The van der Waals surface area contributed by atoms with Crippen molar-refractivity contribution in [2.24, 2.45) is 5.92 Å². The Labute approximate surface area is 96.6 Å². The minimum atomic E-state index is 0.123. The van der Waals surface area contributed by atoms with Crippen molar-refractivity contribution < 1.29 is 9.32 Å². The van der Waals surface area contributed by atoms with Crippen molar-refractivity contribution in [3.8, 4) is 0 Å². The average Bonchev–Trinajstić information content (AvgIpc) is 2.65. The predicted octanol–water partition coefficient (Wildman–Crippen LogP) is 2.38. The Morgan fingerprint density at radius 2 is 2.12 bits per heavy atom. The average molecular weight is 224 g/mol. The van der Waals surface area contributed by atoms with E-state index in [1.807, 2.05) is 33.9 Å². The molecule has 1 rings (SSSR count).